The summed E-state index contributed by atoms with van der Waals surface area (Å²) in [5.74, 6) is -1.57. The zero-order chi connectivity index (χ0) is 12.1. The summed E-state index contributed by atoms with van der Waals surface area (Å²) in [5, 5.41) is 19.9. The highest BCUT2D eigenvalue weighted by atomic mass is 16.4. The van der Waals surface area contributed by atoms with Crippen molar-refractivity contribution in [2.45, 2.75) is 12.5 Å². The standard InChI is InChI=1S/C10H14N2O4/c1-12-6-2-3-7(12)9(14)11-5-4-8(13)10(15)16/h2-3,6,8,13H,4-5H2,1H3,(H,11,14)(H,15,16)/t8-/m0/s1. The molecule has 0 spiro atoms. The van der Waals surface area contributed by atoms with Crippen LogP contribution in [0.4, 0.5) is 0 Å². The maximum absolute atomic E-state index is 11.5. The predicted octanol–water partition coefficient (Wildman–Crippen LogP) is -0.410. The second kappa shape index (κ2) is 5.32. The summed E-state index contributed by atoms with van der Waals surface area (Å²) in [6.45, 7) is 0.123. The number of aliphatic carboxylic acids is 1. The van der Waals surface area contributed by atoms with E-state index < -0.39 is 12.1 Å². The number of hydrogen-bond acceptors (Lipinski definition) is 3. The molecule has 0 saturated carbocycles. The molecule has 1 rings (SSSR count). The highest BCUT2D eigenvalue weighted by Crippen LogP contribution is 1.99. The third-order valence-electron chi connectivity index (χ3n) is 2.16. The lowest BCUT2D eigenvalue weighted by Gasteiger charge is -2.07. The summed E-state index contributed by atoms with van der Waals surface area (Å²) in [4.78, 5) is 21.8. The van der Waals surface area contributed by atoms with Crippen molar-refractivity contribution in [1.29, 1.82) is 0 Å². The third kappa shape index (κ3) is 3.09. The van der Waals surface area contributed by atoms with Crippen LogP contribution in [0.3, 0.4) is 0 Å². The number of carbonyl (C=O) groups excluding carboxylic acids is 1. The van der Waals surface area contributed by atoms with Crippen molar-refractivity contribution < 1.29 is 19.8 Å². The lowest BCUT2D eigenvalue weighted by molar-refractivity contribution is -0.146. The Hall–Kier alpha value is -1.82. The minimum Gasteiger partial charge on any atom is -0.479 e. The van der Waals surface area contributed by atoms with Crippen molar-refractivity contribution in [3.05, 3.63) is 24.0 Å². The number of hydrogen-bond donors (Lipinski definition) is 3. The van der Waals surface area contributed by atoms with Crippen molar-refractivity contribution in [2.75, 3.05) is 6.54 Å². The fourth-order valence-electron chi connectivity index (χ4n) is 1.23. The number of carboxylic acid groups (broad SMARTS) is 1. The van der Waals surface area contributed by atoms with E-state index in [1.807, 2.05) is 0 Å². The molecule has 6 nitrogen and oxygen atoms in total. The van der Waals surface area contributed by atoms with Crippen molar-refractivity contribution in [2.24, 2.45) is 7.05 Å². The molecule has 0 radical (unpaired) electrons. The summed E-state index contributed by atoms with van der Waals surface area (Å²) in [6.07, 6.45) is 0.292. The molecule has 3 N–H and O–H groups in total. The molecule has 0 aromatic carbocycles. The Kier molecular flexibility index (Phi) is 4.07. The number of aromatic nitrogens is 1. The van der Waals surface area contributed by atoms with Gasteiger partial charge in [-0.3, -0.25) is 4.79 Å². The van der Waals surface area contributed by atoms with Crippen LogP contribution < -0.4 is 5.32 Å². The molecule has 0 aliphatic rings. The second-order valence-electron chi connectivity index (χ2n) is 3.40. The van der Waals surface area contributed by atoms with Gasteiger partial charge in [-0.2, -0.15) is 0 Å². The lowest BCUT2D eigenvalue weighted by atomic mass is 10.2. The van der Waals surface area contributed by atoms with Crippen LogP contribution in [0, 0.1) is 0 Å². The van der Waals surface area contributed by atoms with Crippen LogP contribution >= 0.6 is 0 Å². The van der Waals surface area contributed by atoms with E-state index in [0.717, 1.165) is 0 Å². The summed E-state index contributed by atoms with van der Waals surface area (Å²) in [5.41, 5.74) is 0.491. The molecule has 1 atom stereocenters. The molecule has 16 heavy (non-hydrogen) atoms. The van der Waals surface area contributed by atoms with Crippen LogP contribution in [-0.4, -0.2) is 39.3 Å². The van der Waals surface area contributed by atoms with Gasteiger partial charge in [0.25, 0.3) is 5.91 Å². The van der Waals surface area contributed by atoms with Crippen molar-refractivity contribution in [1.82, 2.24) is 9.88 Å². The van der Waals surface area contributed by atoms with Gasteiger partial charge >= 0.3 is 5.97 Å². The van der Waals surface area contributed by atoms with E-state index in [0.29, 0.717) is 5.69 Å². The normalized spacial score (nSPS) is 12.1. The highest BCUT2D eigenvalue weighted by molar-refractivity contribution is 5.92. The maximum Gasteiger partial charge on any atom is 0.332 e. The Bertz CT molecular complexity index is 386. The summed E-state index contributed by atoms with van der Waals surface area (Å²) in [7, 11) is 1.74. The number of aryl methyl sites for hydroxylation is 1. The first-order valence-corrected chi connectivity index (χ1v) is 4.82. The molecule has 0 unspecified atom stereocenters. The Morgan fingerprint density at radius 3 is 2.75 bits per heavy atom. The Morgan fingerprint density at radius 2 is 2.25 bits per heavy atom. The second-order valence-corrected chi connectivity index (χ2v) is 3.40. The molecular weight excluding hydrogens is 212 g/mol. The largest absolute Gasteiger partial charge is 0.479 e. The van der Waals surface area contributed by atoms with E-state index in [1.54, 1.807) is 29.9 Å². The van der Waals surface area contributed by atoms with Crippen molar-refractivity contribution in [3.8, 4) is 0 Å². The molecule has 0 saturated heterocycles. The fourth-order valence-corrected chi connectivity index (χ4v) is 1.23. The van der Waals surface area contributed by atoms with Crippen LogP contribution in [-0.2, 0) is 11.8 Å². The number of carbonyl (C=O) groups is 2. The van der Waals surface area contributed by atoms with Gasteiger partial charge in [0.05, 0.1) is 0 Å². The van der Waals surface area contributed by atoms with E-state index >= 15 is 0 Å². The zero-order valence-corrected chi connectivity index (χ0v) is 8.88. The fraction of sp³-hybridized carbons (Fsp3) is 0.400. The number of rotatable bonds is 5. The quantitative estimate of drug-likeness (QED) is 0.636. The van der Waals surface area contributed by atoms with Gasteiger partial charge in [-0.05, 0) is 12.1 Å². The number of nitrogens with zero attached hydrogens (tertiary/aromatic N) is 1. The smallest absolute Gasteiger partial charge is 0.332 e. The maximum atomic E-state index is 11.5. The molecule has 0 aliphatic heterocycles. The molecule has 1 aromatic rings. The summed E-state index contributed by atoms with van der Waals surface area (Å²) < 4.78 is 1.66. The van der Waals surface area contributed by atoms with E-state index in [2.05, 4.69) is 5.32 Å². The van der Waals surface area contributed by atoms with E-state index in [4.69, 9.17) is 10.2 Å². The number of carboxylic acids is 1. The number of amides is 1. The molecule has 1 heterocycles. The molecule has 1 amide bonds. The first kappa shape index (κ1) is 12.3. The first-order valence-electron chi connectivity index (χ1n) is 4.82. The Morgan fingerprint density at radius 1 is 1.56 bits per heavy atom. The van der Waals surface area contributed by atoms with Gasteiger partial charge in [0, 0.05) is 26.2 Å². The van der Waals surface area contributed by atoms with Gasteiger partial charge in [-0.15, -0.1) is 0 Å². The topological polar surface area (TPSA) is 91.6 Å². The van der Waals surface area contributed by atoms with Crippen LogP contribution in [0.1, 0.15) is 16.9 Å². The van der Waals surface area contributed by atoms with Gasteiger partial charge in [-0.25, -0.2) is 4.79 Å². The number of aliphatic hydroxyl groups excluding tert-OH is 1. The predicted molar refractivity (Wildman–Crippen MR) is 56.0 cm³/mol. The van der Waals surface area contributed by atoms with E-state index in [-0.39, 0.29) is 18.9 Å². The van der Waals surface area contributed by atoms with E-state index in [1.165, 1.54) is 0 Å². The first-order chi connectivity index (χ1) is 7.52. The van der Waals surface area contributed by atoms with E-state index in [9.17, 15) is 9.59 Å². The average Bonchev–Trinajstić information content (AvgIpc) is 2.64. The third-order valence-corrected chi connectivity index (χ3v) is 2.16. The van der Waals surface area contributed by atoms with Gasteiger partial charge < -0.3 is 20.1 Å². The molecule has 88 valence electrons. The van der Waals surface area contributed by atoms with Gasteiger partial charge in [-0.1, -0.05) is 0 Å². The minimum atomic E-state index is -1.44. The zero-order valence-electron chi connectivity index (χ0n) is 8.88. The van der Waals surface area contributed by atoms with Crippen LogP contribution in [0.2, 0.25) is 0 Å². The number of aliphatic hydroxyl groups is 1. The van der Waals surface area contributed by atoms with Gasteiger partial charge in [0.2, 0.25) is 0 Å². The number of nitrogens with one attached hydrogen (secondary N) is 1. The van der Waals surface area contributed by atoms with Crippen LogP contribution in [0.5, 0.6) is 0 Å². The summed E-state index contributed by atoms with van der Waals surface area (Å²) in [6, 6.07) is 3.39. The lowest BCUT2D eigenvalue weighted by Crippen LogP contribution is -2.30. The minimum absolute atomic E-state index is 0.00844. The van der Waals surface area contributed by atoms with Gasteiger partial charge in [0.1, 0.15) is 5.69 Å². The molecular formula is C10H14N2O4. The van der Waals surface area contributed by atoms with Crippen LogP contribution in [0.25, 0.3) is 0 Å². The monoisotopic (exact) mass is 226 g/mol. The Balaban J connectivity index is 2.37. The SMILES string of the molecule is Cn1cccc1C(=O)NCC[C@H](O)C(=O)O. The van der Waals surface area contributed by atoms with Crippen molar-refractivity contribution >= 4 is 11.9 Å². The molecule has 1 aromatic heterocycles. The summed E-state index contributed by atoms with van der Waals surface area (Å²) >= 11 is 0. The Labute approximate surface area is 92.5 Å². The highest BCUT2D eigenvalue weighted by Gasteiger charge is 2.14. The molecule has 0 bridgehead atoms. The average molecular weight is 226 g/mol. The van der Waals surface area contributed by atoms with Crippen LogP contribution in [0.15, 0.2) is 18.3 Å². The van der Waals surface area contributed by atoms with Crippen molar-refractivity contribution in [3.63, 3.8) is 0 Å². The molecule has 0 fully saturated rings. The molecule has 0 aliphatic carbocycles. The molecule has 6 heteroatoms. The van der Waals surface area contributed by atoms with Gasteiger partial charge in [0.15, 0.2) is 6.10 Å².